The minimum absolute atomic E-state index is 0.00759. The fourth-order valence-electron chi connectivity index (χ4n) is 8.87. The van der Waals surface area contributed by atoms with Crippen molar-refractivity contribution < 1.29 is 32.9 Å². The van der Waals surface area contributed by atoms with Crippen molar-refractivity contribution in [2.75, 3.05) is 40.9 Å². The number of allylic oxidation sites excluding steroid dienone is 11. The molecule has 0 aromatic rings. The predicted octanol–water partition coefficient (Wildman–Crippen LogP) is 18.4. The van der Waals surface area contributed by atoms with E-state index in [1.165, 1.54) is 193 Å². The molecule has 0 radical (unpaired) electrons. The lowest BCUT2D eigenvalue weighted by molar-refractivity contribution is -0.870. The Bertz CT molecular complexity index is 1420. The molecule has 0 heterocycles. The minimum Gasteiger partial charge on any atom is -0.756 e. The maximum atomic E-state index is 13.0. The predicted molar refractivity (Wildman–Crippen MR) is 316 cm³/mol. The van der Waals surface area contributed by atoms with Gasteiger partial charge in [-0.15, -0.1) is 0 Å². The molecule has 1 amide bonds. The molecule has 0 spiro atoms. The number of rotatable bonds is 56. The standard InChI is InChI=1S/C64H119N2O6P/c1-6-8-10-12-14-16-18-20-22-24-26-28-30-31-32-33-34-35-36-38-40-42-44-46-48-50-52-54-56-58-64(68)65-62(61-72-73(69,70)71-60-59-66(3,4)5)63(67)57-55-53-51-49-47-45-43-41-39-37-29-27-25-23-21-19-17-15-13-11-9-7-2/h8,10,14,16,20,22,26,28,47,49,55,57,62-63,67H,6-7,9,11-13,15,17-19,21,23-25,27,29-46,48,50-54,56,58-61H2,1-5H3,(H-,65,68,69,70)/b10-8-,16-14-,22-20-,28-26-,49-47+,57-55+. The summed E-state index contributed by atoms with van der Waals surface area (Å²) in [6.45, 7) is 4.54. The number of nitrogens with one attached hydrogen (secondary N) is 1. The molecule has 2 N–H and O–H groups in total. The maximum Gasteiger partial charge on any atom is 0.268 e. The van der Waals surface area contributed by atoms with E-state index in [0.29, 0.717) is 17.4 Å². The second kappa shape index (κ2) is 54.7. The van der Waals surface area contributed by atoms with Gasteiger partial charge in [0, 0.05) is 6.42 Å². The van der Waals surface area contributed by atoms with Crippen LogP contribution in [-0.2, 0) is 18.4 Å². The summed E-state index contributed by atoms with van der Waals surface area (Å²) < 4.78 is 23.4. The lowest BCUT2D eigenvalue weighted by atomic mass is 10.0. The van der Waals surface area contributed by atoms with Crippen LogP contribution in [0.1, 0.15) is 277 Å². The van der Waals surface area contributed by atoms with Gasteiger partial charge >= 0.3 is 0 Å². The summed E-state index contributed by atoms with van der Waals surface area (Å²) in [5.41, 5.74) is 0. The fourth-order valence-corrected chi connectivity index (χ4v) is 9.59. The number of phosphoric ester groups is 1. The average Bonchev–Trinajstić information content (AvgIpc) is 3.35. The molecule has 0 rings (SSSR count). The molecule has 9 heteroatoms. The van der Waals surface area contributed by atoms with E-state index >= 15 is 0 Å². The molecule has 0 saturated carbocycles. The first-order chi connectivity index (χ1) is 35.5. The third kappa shape index (κ3) is 57.5. The van der Waals surface area contributed by atoms with E-state index in [0.717, 1.165) is 64.2 Å². The molecule has 426 valence electrons. The third-order valence-electron chi connectivity index (χ3n) is 13.7. The highest BCUT2D eigenvalue weighted by Gasteiger charge is 2.23. The Labute approximate surface area is 453 Å². The number of carbonyl (C=O) groups excluding carboxylic acids is 1. The number of aliphatic hydroxyl groups is 1. The molecule has 73 heavy (non-hydrogen) atoms. The second-order valence-corrected chi connectivity index (χ2v) is 23.4. The number of quaternary nitrogens is 1. The van der Waals surface area contributed by atoms with Crippen LogP contribution in [0, 0.1) is 0 Å². The first kappa shape index (κ1) is 70.9. The molecule has 0 aromatic heterocycles. The number of hydrogen-bond acceptors (Lipinski definition) is 6. The maximum absolute atomic E-state index is 13.0. The quantitative estimate of drug-likeness (QED) is 0.0272. The zero-order chi connectivity index (χ0) is 53.5. The minimum atomic E-state index is -4.61. The van der Waals surface area contributed by atoms with Crippen LogP contribution in [-0.4, -0.2) is 68.5 Å². The molecule has 0 aliphatic carbocycles. The zero-order valence-electron chi connectivity index (χ0n) is 48.6. The van der Waals surface area contributed by atoms with Crippen molar-refractivity contribution in [1.29, 1.82) is 0 Å². The van der Waals surface area contributed by atoms with E-state index in [-0.39, 0.29) is 12.5 Å². The van der Waals surface area contributed by atoms with Gasteiger partial charge in [-0.1, -0.05) is 273 Å². The molecule has 0 saturated heterocycles. The van der Waals surface area contributed by atoms with E-state index < -0.39 is 26.6 Å². The zero-order valence-corrected chi connectivity index (χ0v) is 49.5. The lowest BCUT2D eigenvalue weighted by Gasteiger charge is -2.29. The number of phosphoric acid groups is 1. The average molecular weight is 1040 g/mol. The smallest absolute Gasteiger partial charge is 0.268 e. The lowest BCUT2D eigenvalue weighted by Crippen LogP contribution is -2.45. The van der Waals surface area contributed by atoms with Crippen LogP contribution in [0.2, 0.25) is 0 Å². The van der Waals surface area contributed by atoms with Crippen molar-refractivity contribution >= 4 is 13.7 Å². The third-order valence-corrected chi connectivity index (χ3v) is 14.6. The number of unbranched alkanes of at least 4 members (excludes halogenated alkanes) is 33. The van der Waals surface area contributed by atoms with Crippen LogP contribution in [0.15, 0.2) is 72.9 Å². The topological polar surface area (TPSA) is 108 Å². The molecule has 0 aromatic carbocycles. The number of amides is 1. The first-order valence-electron chi connectivity index (χ1n) is 30.8. The van der Waals surface area contributed by atoms with Crippen molar-refractivity contribution in [3.05, 3.63) is 72.9 Å². The van der Waals surface area contributed by atoms with Crippen molar-refractivity contribution in [3.63, 3.8) is 0 Å². The Kier molecular flexibility index (Phi) is 53.2. The summed E-state index contributed by atoms with van der Waals surface area (Å²) in [4.78, 5) is 25.5. The molecule has 3 atom stereocenters. The number of aliphatic hydroxyl groups excluding tert-OH is 1. The number of likely N-dealkylation sites (N-methyl/N-ethyl adjacent to an activating group) is 1. The Morgan fingerprint density at radius 2 is 0.849 bits per heavy atom. The molecule has 0 aliphatic rings. The van der Waals surface area contributed by atoms with Crippen LogP contribution in [0.5, 0.6) is 0 Å². The Morgan fingerprint density at radius 3 is 1.27 bits per heavy atom. The van der Waals surface area contributed by atoms with E-state index in [4.69, 9.17) is 9.05 Å². The SMILES string of the molecule is CC/C=C\C/C=C\C/C=C\C/C=C\CCCCCCCCCCCCCCCCCCC(=O)NC(COP(=O)([O-])OCC[N+](C)(C)C)C(O)/C=C/CC/C=C/CCCCCCCCCCCCCCCCCC. The molecular formula is C64H119N2O6P. The van der Waals surface area contributed by atoms with Crippen LogP contribution in [0.25, 0.3) is 0 Å². The number of hydrogen-bond donors (Lipinski definition) is 2. The van der Waals surface area contributed by atoms with E-state index in [1.807, 2.05) is 27.2 Å². The van der Waals surface area contributed by atoms with Gasteiger partial charge in [-0.05, 0) is 70.6 Å². The molecule has 0 bridgehead atoms. The summed E-state index contributed by atoms with van der Waals surface area (Å²) in [5.74, 6) is -0.206. The van der Waals surface area contributed by atoms with Gasteiger partial charge in [0.2, 0.25) is 5.91 Å². The van der Waals surface area contributed by atoms with Gasteiger partial charge in [0.25, 0.3) is 7.82 Å². The Morgan fingerprint density at radius 1 is 0.493 bits per heavy atom. The number of carbonyl (C=O) groups is 1. The summed E-state index contributed by atoms with van der Waals surface area (Å²) in [6.07, 6.45) is 75.6. The Balaban J connectivity index is 4.17. The Hall–Kier alpha value is -2.06. The van der Waals surface area contributed by atoms with Gasteiger partial charge in [-0.2, -0.15) is 0 Å². The van der Waals surface area contributed by atoms with Gasteiger partial charge in [-0.25, -0.2) is 0 Å². The monoisotopic (exact) mass is 1040 g/mol. The largest absolute Gasteiger partial charge is 0.756 e. The summed E-state index contributed by atoms with van der Waals surface area (Å²) >= 11 is 0. The van der Waals surface area contributed by atoms with Gasteiger partial charge < -0.3 is 28.8 Å². The van der Waals surface area contributed by atoms with E-state index in [9.17, 15) is 19.4 Å². The van der Waals surface area contributed by atoms with Crippen LogP contribution in [0.4, 0.5) is 0 Å². The van der Waals surface area contributed by atoms with E-state index in [2.05, 4.69) is 79.9 Å². The van der Waals surface area contributed by atoms with Gasteiger partial charge in [0.1, 0.15) is 13.2 Å². The van der Waals surface area contributed by atoms with Crippen molar-refractivity contribution in [2.24, 2.45) is 0 Å². The van der Waals surface area contributed by atoms with Gasteiger partial charge in [0.15, 0.2) is 0 Å². The van der Waals surface area contributed by atoms with Gasteiger partial charge in [0.05, 0.1) is 39.9 Å². The molecular weight excluding hydrogens is 924 g/mol. The first-order valence-corrected chi connectivity index (χ1v) is 32.3. The van der Waals surface area contributed by atoms with Crippen molar-refractivity contribution in [1.82, 2.24) is 5.32 Å². The van der Waals surface area contributed by atoms with Crippen molar-refractivity contribution in [3.8, 4) is 0 Å². The highest BCUT2D eigenvalue weighted by molar-refractivity contribution is 7.45. The summed E-state index contributed by atoms with van der Waals surface area (Å²) in [6, 6.07) is -0.907. The highest BCUT2D eigenvalue weighted by atomic mass is 31.2. The molecule has 0 fully saturated rings. The normalized spacial score (nSPS) is 14.3. The second-order valence-electron chi connectivity index (χ2n) is 22.0. The fraction of sp³-hybridized carbons (Fsp3) is 0.797. The highest BCUT2D eigenvalue weighted by Crippen LogP contribution is 2.38. The van der Waals surface area contributed by atoms with Crippen LogP contribution in [0.3, 0.4) is 0 Å². The summed E-state index contributed by atoms with van der Waals surface area (Å²) in [5, 5.41) is 13.9. The molecule has 3 unspecified atom stereocenters. The van der Waals surface area contributed by atoms with E-state index in [1.54, 1.807) is 6.08 Å². The van der Waals surface area contributed by atoms with Gasteiger partial charge in [-0.3, -0.25) is 9.36 Å². The van der Waals surface area contributed by atoms with Crippen LogP contribution < -0.4 is 10.2 Å². The molecule has 0 aliphatic heterocycles. The summed E-state index contributed by atoms with van der Waals surface area (Å²) in [7, 11) is 1.25. The number of nitrogens with zero attached hydrogens (tertiary/aromatic N) is 1. The van der Waals surface area contributed by atoms with Crippen molar-refractivity contribution in [2.45, 2.75) is 289 Å². The molecule has 8 nitrogen and oxygen atoms in total. The van der Waals surface area contributed by atoms with Crippen LogP contribution >= 0.6 is 7.82 Å².